The molecule has 0 aliphatic heterocycles. The van der Waals surface area contributed by atoms with E-state index in [0.717, 1.165) is 178 Å². The van der Waals surface area contributed by atoms with Crippen LogP contribution < -0.4 is 0 Å². The van der Waals surface area contributed by atoms with E-state index in [9.17, 15) is 0 Å². The van der Waals surface area contributed by atoms with E-state index in [-0.39, 0.29) is 43.3 Å². The molecule has 0 unspecified atom stereocenters. The molecule has 0 nitrogen and oxygen atoms in total. The highest BCUT2D eigenvalue weighted by molar-refractivity contribution is 5.87. The Labute approximate surface area is 860 Å². The van der Waals surface area contributed by atoms with Crippen molar-refractivity contribution in [3.8, 4) is 187 Å². The fourth-order valence-corrected chi connectivity index (χ4v) is 17.9. The molecule has 0 aromatic heterocycles. The smallest absolute Gasteiger partial charge is 0.0346 e. The minimum atomic E-state index is -0.0193. The summed E-state index contributed by atoms with van der Waals surface area (Å²) in [5.41, 5.74) is 40.9. The maximum atomic E-state index is 3.66. The molecular weight excluding hydrogens is 1730 g/mol. The maximum Gasteiger partial charge on any atom is 0.0346 e. The van der Waals surface area contributed by atoms with Crippen molar-refractivity contribution in [2.45, 2.75) is 235 Å². The van der Waals surface area contributed by atoms with E-state index in [1.165, 1.54) is 44.5 Å². The van der Waals surface area contributed by atoms with Crippen molar-refractivity contribution in [2.75, 3.05) is 0 Å². The van der Waals surface area contributed by atoms with E-state index < -0.39 is 0 Å². The minimum absolute atomic E-state index is 0.0193. The molecule has 14 aromatic rings. The Morgan fingerprint density at radius 3 is 0.417 bits per heavy atom. The lowest BCUT2D eigenvalue weighted by molar-refractivity contribution is 0.567. The Morgan fingerprint density at radius 1 is 0.139 bits per heavy atom. The van der Waals surface area contributed by atoms with Crippen LogP contribution in [-0.2, 0) is 69.0 Å². The van der Waals surface area contributed by atoms with Crippen LogP contribution in [0.15, 0.2) is 267 Å². The van der Waals surface area contributed by atoms with Gasteiger partial charge in [-0.3, -0.25) is 0 Å². The van der Waals surface area contributed by atoms with Crippen LogP contribution in [0.4, 0.5) is 0 Å². The maximum absolute atomic E-state index is 3.66. The molecule has 0 fully saturated rings. The fraction of sp³-hybridized carbons (Fsp3) is 0.250. The van der Waals surface area contributed by atoms with Gasteiger partial charge in [0, 0.05) is 111 Å². The first-order chi connectivity index (χ1) is 68.2. The predicted molar refractivity (Wildman–Crippen MR) is 606 cm³/mol. The van der Waals surface area contributed by atoms with Crippen molar-refractivity contribution >= 4 is 0 Å². The molecule has 8 aliphatic rings. The second-order valence-corrected chi connectivity index (χ2v) is 46.9. The number of benzene rings is 14. The second-order valence-electron chi connectivity index (χ2n) is 46.9. The molecule has 700 valence electrons. The summed E-state index contributed by atoms with van der Waals surface area (Å²) < 4.78 is 0. The van der Waals surface area contributed by atoms with Gasteiger partial charge in [-0.25, -0.2) is 0 Å². The molecule has 0 amide bonds. The SMILES string of the molecule is CC(C)(C)c1cc(C#Cc2ccc(C#Cc3ccc4c(c3)C#CC#Cc3cc(C#Cc5ccc(C#Cc6cc(C(C)(C)C)cc(C(C)(C)C)c6)cc5)ccc3-c3cc5c6cc3CCc3cc-4c(cc3-c3ccc(C#Cc4ccc(C#Cc7cc(C(C)(C)C)cc(C(C)(C)C)c7)cc4)cc3C#CC#Cc3cc(C#Cc4ccc(C#Cc7cc(C(C)(C)C)cc(C(C)(C)C)c7)cc4)ccc3-6)CC5)cc2)cc(C(C)(C)C)c1. The summed E-state index contributed by atoms with van der Waals surface area (Å²) in [6.45, 7) is 54.3. The molecule has 14 aromatic carbocycles. The van der Waals surface area contributed by atoms with E-state index in [4.69, 9.17) is 0 Å². The van der Waals surface area contributed by atoms with Crippen molar-refractivity contribution in [1.29, 1.82) is 0 Å². The van der Waals surface area contributed by atoms with Gasteiger partial charge in [0.15, 0.2) is 0 Å². The standard InChI is InChI=1S/C144H124/c1-137(2,3)121-81-109(82-122(93-121)138(4,5)6)61-53-101-41-33-97(34-42-101)49-57-105-65-73-129-113(77-105)29-25-26-30-114-78-106(58-50-98-35-43-102(44-36-98)54-62-110-83-123(139(7,8)9)94-124(84-110)140(10,11)12)66-74-130(114)136-91-119-70-69-117-90-134-118(89-133(117)129)71-72-120(136)92-135(119)132-76-68-108(60-52-100-39-47-104(48-40-100)56-64-112-87-127(143(19,20)21)96-128(88-112)144(22,23)24)80-116(132)32-28-27-31-115-79-107(67-75-131(115)134)59-51-99-37-45-103(46-38-99)55-63-111-85-125(141(13,14)15)95-126(86-111)142(16,17)18/h33-48,65-68,73-96H,69-72H2,1-24H3. The summed E-state index contributed by atoms with van der Waals surface area (Å²) in [5, 5.41) is 0. The van der Waals surface area contributed by atoms with Crippen molar-refractivity contribution in [2.24, 2.45) is 0 Å². The molecule has 0 heteroatoms. The molecule has 0 radical (unpaired) electrons. The van der Waals surface area contributed by atoms with Gasteiger partial charge in [-0.1, -0.05) is 357 Å². The van der Waals surface area contributed by atoms with Gasteiger partial charge in [-0.05, 0) is 398 Å². The molecule has 0 heterocycles. The van der Waals surface area contributed by atoms with Gasteiger partial charge < -0.3 is 0 Å². The minimum Gasteiger partial charge on any atom is -0.0617 e. The average molecular weight is 1850 g/mol. The van der Waals surface area contributed by atoms with Gasteiger partial charge in [0.25, 0.3) is 0 Å². The zero-order chi connectivity index (χ0) is 102. The summed E-state index contributed by atoms with van der Waals surface area (Å²) in [4.78, 5) is 0. The molecular formula is C144H124. The summed E-state index contributed by atoms with van der Waals surface area (Å²) in [7, 11) is 0. The van der Waals surface area contributed by atoms with Crippen LogP contribution in [0.5, 0.6) is 0 Å². The van der Waals surface area contributed by atoms with E-state index in [1.807, 2.05) is 0 Å². The number of hydrogen-bond acceptors (Lipinski definition) is 0. The first-order valence-corrected chi connectivity index (χ1v) is 50.4. The molecule has 8 bridgehead atoms. The monoisotopic (exact) mass is 1850 g/mol. The van der Waals surface area contributed by atoms with Crippen LogP contribution in [-0.4, -0.2) is 0 Å². The quantitative estimate of drug-likeness (QED) is 0.133. The van der Waals surface area contributed by atoms with E-state index in [1.54, 1.807) is 0 Å². The van der Waals surface area contributed by atoms with E-state index >= 15 is 0 Å². The van der Waals surface area contributed by atoms with Crippen LogP contribution in [0.1, 0.15) is 344 Å². The first-order valence-electron chi connectivity index (χ1n) is 50.4. The van der Waals surface area contributed by atoms with Gasteiger partial charge in [-0.15, -0.1) is 0 Å². The highest BCUT2D eigenvalue weighted by Gasteiger charge is 2.29. The van der Waals surface area contributed by atoms with Gasteiger partial charge >= 0.3 is 0 Å². The number of aryl methyl sites for hydroxylation is 4. The third kappa shape index (κ3) is 24.3. The summed E-state index contributed by atoms with van der Waals surface area (Å²) in [6.07, 6.45) is 2.64. The Bertz CT molecular complexity index is 7280. The second kappa shape index (κ2) is 40.1. The van der Waals surface area contributed by atoms with Crippen molar-refractivity contribution in [3.63, 3.8) is 0 Å². The van der Waals surface area contributed by atoms with Gasteiger partial charge in [-0.2, -0.15) is 0 Å². The summed E-state index contributed by atoms with van der Waals surface area (Å²) >= 11 is 0. The fourth-order valence-electron chi connectivity index (χ4n) is 17.9. The van der Waals surface area contributed by atoms with Crippen LogP contribution in [0.2, 0.25) is 0 Å². The van der Waals surface area contributed by atoms with Gasteiger partial charge in [0.2, 0.25) is 0 Å². The van der Waals surface area contributed by atoms with Crippen LogP contribution in [0, 0.1) is 142 Å². The molecule has 0 saturated heterocycles. The van der Waals surface area contributed by atoms with Gasteiger partial charge in [0.1, 0.15) is 0 Å². The third-order valence-electron chi connectivity index (χ3n) is 27.1. The van der Waals surface area contributed by atoms with Gasteiger partial charge in [0.05, 0.1) is 0 Å². The van der Waals surface area contributed by atoms with Crippen LogP contribution >= 0.6 is 0 Å². The predicted octanol–water partition coefficient (Wildman–Crippen LogP) is 31.3. The molecule has 22 rings (SSSR count). The van der Waals surface area contributed by atoms with E-state index in [0.29, 0.717) is 25.7 Å². The number of fused-ring (bicyclic) bond motifs is 2. The Kier molecular flexibility index (Phi) is 27.6. The number of rotatable bonds is 0. The Hall–Kier alpha value is -16.2. The van der Waals surface area contributed by atoms with Crippen molar-refractivity contribution in [1.82, 2.24) is 0 Å². The zero-order valence-electron chi connectivity index (χ0n) is 88.2. The first kappa shape index (κ1) is 99.4. The van der Waals surface area contributed by atoms with Crippen LogP contribution in [0.3, 0.4) is 0 Å². The molecule has 0 N–H and O–H groups in total. The molecule has 8 aliphatic carbocycles. The highest BCUT2D eigenvalue weighted by atomic mass is 14.3. The molecule has 0 spiro atoms. The van der Waals surface area contributed by atoms with Crippen molar-refractivity contribution in [3.05, 3.63) is 445 Å². The average Bonchev–Trinajstić information content (AvgIpc) is 1.11. The van der Waals surface area contributed by atoms with Crippen LogP contribution in [0.25, 0.3) is 44.5 Å². The molecule has 0 saturated carbocycles. The molecule has 0 atom stereocenters. The normalized spacial score (nSPS) is 12.2. The Morgan fingerprint density at radius 2 is 0.271 bits per heavy atom. The lowest BCUT2D eigenvalue weighted by Crippen LogP contribution is -2.16. The lowest BCUT2D eigenvalue weighted by Gasteiger charge is -2.25. The van der Waals surface area contributed by atoms with E-state index in [2.05, 4.69) is 575 Å². The zero-order valence-corrected chi connectivity index (χ0v) is 88.2. The third-order valence-corrected chi connectivity index (χ3v) is 27.1. The lowest BCUT2D eigenvalue weighted by atomic mass is 9.79. The largest absolute Gasteiger partial charge is 0.0617 e. The topological polar surface area (TPSA) is 0 Å². The summed E-state index contributed by atoms with van der Waals surface area (Å²) in [5.74, 6) is 84.7. The number of hydrogen-bond donors (Lipinski definition) is 0. The highest BCUT2D eigenvalue weighted by Crippen LogP contribution is 2.45. The molecule has 144 heavy (non-hydrogen) atoms. The summed E-state index contributed by atoms with van der Waals surface area (Å²) in [6, 6.07) is 96.1. The Balaban J connectivity index is 0.795. The van der Waals surface area contributed by atoms with Crippen molar-refractivity contribution < 1.29 is 0 Å².